The molecule has 0 unspecified atom stereocenters. The van der Waals surface area contributed by atoms with E-state index in [4.69, 9.17) is 19.3 Å². The van der Waals surface area contributed by atoms with Crippen molar-refractivity contribution in [3.8, 4) is 17.2 Å². The van der Waals surface area contributed by atoms with E-state index in [0.717, 1.165) is 24.0 Å². The Morgan fingerprint density at radius 3 is 2.18 bits per heavy atom. The third kappa shape index (κ3) is 7.58. The van der Waals surface area contributed by atoms with Gasteiger partial charge in [0.1, 0.15) is 23.9 Å². The number of carboxylic acids is 1. The number of hydrazone groups is 1. The molecule has 176 valence electrons. The summed E-state index contributed by atoms with van der Waals surface area (Å²) in [5.41, 5.74) is 4.33. The van der Waals surface area contributed by atoms with Gasteiger partial charge < -0.3 is 19.3 Å². The average molecular weight is 686 g/mol. The zero-order valence-electron chi connectivity index (χ0n) is 18.0. The number of ether oxygens (including phenoxy) is 3. The van der Waals surface area contributed by atoms with Crippen LogP contribution in [0, 0.1) is 7.14 Å². The van der Waals surface area contributed by atoms with Gasteiger partial charge in [-0.1, -0.05) is 12.1 Å². The average Bonchev–Trinajstić information content (AvgIpc) is 2.83. The number of nitrogens with one attached hydrogen (secondary N) is 1. The molecule has 0 aromatic heterocycles. The van der Waals surface area contributed by atoms with Gasteiger partial charge in [-0.05, 0) is 105 Å². The van der Waals surface area contributed by atoms with E-state index in [0.29, 0.717) is 18.1 Å². The largest absolute Gasteiger partial charge is 0.497 e. The molecule has 3 aromatic carbocycles. The van der Waals surface area contributed by atoms with Gasteiger partial charge >= 0.3 is 5.97 Å². The number of rotatable bonds is 10. The van der Waals surface area contributed by atoms with Crippen LogP contribution in [0.5, 0.6) is 17.2 Å². The van der Waals surface area contributed by atoms with Gasteiger partial charge in [-0.15, -0.1) is 0 Å². The molecule has 0 heterocycles. The van der Waals surface area contributed by atoms with Crippen molar-refractivity contribution in [2.24, 2.45) is 5.10 Å². The van der Waals surface area contributed by atoms with E-state index in [1.807, 2.05) is 12.1 Å². The molecule has 0 fully saturated rings. The van der Waals surface area contributed by atoms with Crippen LogP contribution in [0.2, 0.25) is 0 Å². The van der Waals surface area contributed by atoms with E-state index in [2.05, 4.69) is 55.7 Å². The number of carbonyl (C=O) groups is 2. The molecule has 1 amide bonds. The third-order valence-corrected chi connectivity index (χ3v) is 6.04. The molecule has 8 nitrogen and oxygen atoms in total. The first-order valence-corrected chi connectivity index (χ1v) is 12.0. The summed E-state index contributed by atoms with van der Waals surface area (Å²) < 4.78 is 18.2. The van der Waals surface area contributed by atoms with Crippen molar-refractivity contribution in [2.75, 3.05) is 13.7 Å². The zero-order chi connectivity index (χ0) is 24.5. The summed E-state index contributed by atoms with van der Waals surface area (Å²) >= 11 is 4.35. The van der Waals surface area contributed by atoms with Crippen LogP contribution in [0.4, 0.5) is 0 Å². The van der Waals surface area contributed by atoms with Gasteiger partial charge in [-0.25, -0.2) is 10.2 Å². The van der Waals surface area contributed by atoms with Gasteiger partial charge in [-0.3, -0.25) is 4.79 Å². The van der Waals surface area contributed by atoms with Gasteiger partial charge in [-0.2, -0.15) is 5.10 Å². The Labute approximate surface area is 223 Å². The highest BCUT2D eigenvalue weighted by atomic mass is 127. The molecule has 0 saturated heterocycles. The summed E-state index contributed by atoms with van der Waals surface area (Å²) in [5, 5.41) is 13.0. The number of amides is 1. The molecular formula is C24H20I2N2O6. The number of carbonyl (C=O) groups excluding carboxylic acids is 1. The van der Waals surface area contributed by atoms with Gasteiger partial charge in [0.25, 0.3) is 5.91 Å². The molecule has 0 bridgehead atoms. The van der Waals surface area contributed by atoms with Crippen molar-refractivity contribution in [1.29, 1.82) is 0 Å². The van der Waals surface area contributed by atoms with Crippen molar-refractivity contribution in [3.05, 3.63) is 84.5 Å². The number of nitrogens with zero attached hydrogens (tertiary/aromatic N) is 1. The summed E-state index contributed by atoms with van der Waals surface area (Å²) in [5.74, 6) is 0.631. The van der Waals surface area contributed by atoms with Crippen molar-refractivity contribution >= 4 is 63.3 Å². The number of halogens is 2. The fourth-order valence-electron chi connectivity index (χ4n) is 2.72. The van der Waals surface area contributed by atoms with E-state index in [-0.39, 0.29) is 18.1 Å². The van der Waals surface area contributed by atoms with Crippen molar-refractivity contribution < 1.29 is 28.9 Å². The first-order valence-electron chi connectivity index (χ1n) is 9.88. The van der Waals surface area contributed by atoms with Crippen molar-refractivity contribution in [1.82, 2.24) is 5.43 Å². The lowest BCUT2D eigenvalue weighted by Crippen LogP contribution is -2.24. The van der Waals surface area contributed by atoms with Crippen molar-refractivity contribution in [2.45, 2.75) is 6.61 Å². The monoisotopic (exact) mass is 686 g/mol. The number of benzene rings is 3. The molecule has 0 aliphatic carbocycles. The lowest BCUT2D eigenvalue weighted by Gasteiger charge is -2.11. The van der Waals surface area contributed by atoms with Crippen molar-refractivity contribution in [3.63, 3.8) is 0 Å². The zero-order valence-corrected chi connectivity index (χ0v) is 22.3. The minimum atomic E-state index is -0.963. The molecular weight excluding hydrogens is 666 g/mol. The first-order chi connectivity index (χ1) is 16.4. The van der Waals surface area contributed by atoms with Crippen LogP contribution in [0.25, 0.3) is 0 Å². The molecule has 0 aliphatic rings. The van der Waals surface area contributed by atoms with Crippen LogP contribution >= 0.6 is 45.2 Å². The number of carboxylic acid groups (broad SMARTS) is 1. The SMILES string of the molecule is COc1ccc(OCC(=O)N/N=C/c2cc(I)c(OCc3ccc(C(=O)O)cc3)c(I)c2)cc1. The number of aromatic carboxylic acids is 1. The second-order valence-electron chi connectivity index (χ2n) is 6.86. The summed E-state index contributed by atoms with van der Waals surface area (Å²) in [6.07, 6.45) is 1.55. The van der Waals surface area contributed by atoms with Gasteiger partial charge in [0, 0.05) is 0 Å². The molecule has 2 N–H and O–H groups in total. The highest BCUT2D eigenvalue weighted by Crippen LogP contribution is 2.29. The Bertz CT molecular complexity index is 1160. The van der Waals surface area contributed by atoms with E-state index < -0.39 is 5.97 Å². The molecule has 34 heavy (non-hydrogen) atoms. The highest BCUT2D eigenvalue weighted by Gasteiger charge is 2.10. The first kappa shape index (κ1) is 25.7. The maximum absolute atomic E-state index is 12.0. The van der Waals surface area contributed by atoms with Crippen LogP contribution in [-0.2, 0) is 11.4 Å². The predicted molar refractivity (Wildman–Crippen MR) is 144 cm³/mol. The van der Waals surface area contributed by atoms with Crippen LogP contribution in [0.1, 0.15) is 21.5 Å². The standard InChI is InChI=1S/C24H20I2N2O6/c1-32-18-6-8-19(9-7-18)33-14-22(29)28-27-12-16-10-20(25)23(21(26)11-16)34-13-15-2-4-17(5-3-15)24(30)31/h2-12H,13-14H2,1H3,(H,28,29)(H,30,31)/b27-12+. The second-order valence-corrected chi connectivity index (χ2v) is 9.19. The van der Waals surface area contributed by atoms with Gasteiger partial charge in [0.2, 0.25) is 0 Å². The maximum Gasteiger partial charge on any atom is 0.335 e. The number of hydrogen-bond donors (Lipinski definition) is 2. The normalized spacial score (nSPS) is 10.7. The van der Waals surface area contributed by atoms with E-state index in [1.54, 1.807) is 61.9 Å². The van der Waals surface area contributed by atoms with E-state index in [9.17, 15) is 9.59 Å². The quantitative estimate of drug-likeness (QED) is 0.182. The fraction of sp³-hybridized carbons (Fsp3) is 0.125. The number of hydrogen-bond acceptors (Lipinski definition) is 6. The van der Waals surface area contributed by atoms with E-state index in [1.165, 1.54) is 0 Å². The van der Waals surface area contributed by atoms with E-state index >= 15 is 0 Å². The van der Waals surface area contributed by atoms with Crippen LogP contribution < -0.4 is 19.6 Å². The Morgan fingerprint density at radius 2 is 1.59 bits per heavy atom. The second kappa shape index (κ2) is 12.6. The molecule has 0 aliphatic heterocycles. The summed E-state index contributed by atoms with van der Waals surface area (Å²) in [4.78, 5) is 22.9. The summed E-state index contributed by atoms with van der Waals surface area (Å²) in [6.45, 7) is 0.141. The lowest BCUT2D eigenvalue weighted by atomic mass is 10.1. The molecule has 0 saturated carbocycles. The molecule has 0 spiro atoms. The van der Waals surface area contributed by atoms with Gasteiger partial charge in [0.15, 0.2) is 6.61 Å². The molecule has 0 atom stereocenters. The van der Waals surface area contributed by atoms with Crippen LogP contribution in [0.3, 0.4) is 0 Å². The Hall–Kier alpha value is -2.87. The molecule has 0 radical (unpaired) electrons. The molecule has 3 aromatic rings. The topological polar surface area (TPSA) is 106 Å². The van der Waals surface area contributed by atoms with Crippen LogP contribution in [-0.4, -0.2) is 36.9 Å². The highest BCUT2D eigenvalue weighted by molar-refractivity contribution is 14.1. The summed E-state index contributed by atoms with van der Waals surface area (Å²) in [6, 6.07) is 17.2. The minimum absolute atomic E-state index is 0.168. The van der Waals surface area contributed by atoms with Crippen LogP contribution in [0.15, 0.2) is 65.8 Å². The summed E-state index contributed by atoms with van der Waals surface area (Å²) in [7, 11) is 1.58. The smallest absolute Gasteiger partial charge is 0.335 e. The fourth-order valence-corrected chi connectivity index (χ4v) is 4.85. The predicted octanol–water partition coefficient (Wildman–Crippen LogP) is 4.71. The molecule has 3 rings (SSSR count). The Kier molecular flexibility index (Phi) is 9.51. The third-order valence-electron chi connectivity index (χ3n) is 4.44. The van der Waals surface area contributed by atoms with Gasteiger partial charge in [0.05, 0.1) is 26.0 Å². The number of methoxy groups -OCH3 is 1. The Balaban J connectivity index is 1.51. The maximum atomic E-state index is 12.0. The lowest BCUT2D eigenvalue weighted by molar-refractivity contribution is -0.123. The minimum Gasteiger partial charge on any atom is -0.497 e. The molecule has 10 heteroatoms. The Morgan fingerprint density at radius 1 is 0.971 bits per heavy atom.